The van der Waals surface area contributed by atoms with E-state index in [-0.39, 0.29) is 28.2 Å². The van der Waals surface area contributed by atoms with Crippen molar-refractivity contribution in [2.75, 3.05) is 0 Å². The highest BCUT2D eigenvalue weighted by molar-refractivity contribution is 6.99. The third-order valence-corrected chi connectivity index (χ3v) is 12.5. The van der Waals surface area contributed by atoms with E-state index < -0.39 is 8.32 Å². The first-order chi connectivity index (χ1) is 16.8. The average molecular weight is 507 g/mol. The van der Waals surface area contributed by atoms with Gasteiger partial charge in [0.25, 0.3) is 8.32 Å². The van der Waals surface area contributed by atoms with Gasteiger partial charge in [-0.15, -0.1) is 0 Å². The van der Waals surface area contributed by atoms with Gasteiger partial charge in [-0.2, -0.15) is 4.98 Å². The zero-order chi connectivity index (χ0) is 24.6. The first kappa shape index (κ1) is 24.0. The van der Waals surface area contributed by atoms with Crippen LogP contribution in [0.3, 0.4) is 0 Å². The van der Waals surface area contributed by atoms with Gasteiger partial charge in [0.2, 0.25) is 5.28 Å². The standard InChI is InChI=1S/C27H31ClN4O2Si/c1-27(2,3)35(21-10-6-4-7-11-21,22-12-8-5-9-13-22)34-20-16-14-19(15-17-20)32-24-23(30-26(32)33)18-29-25(28)31-24/h4-13,18-20H,14-17H2,1-3H3,(H,30,33). The fourth-order valence-corrected chi connectivity index (χ4v) is 10.5. The summed E-state index contributed by atoms with van der Waals surface area (Å²) in [5, 5.41) is 2.67. The minimum absolute atomic E-state index is 0.0567. The number of hydrogen-bond acceptors (Lipinski definition) is 4. The van der Waals surface area contributed by atoms with Gasteiger partial charge in [-0.3, -0.25) is 4.57 Å². The Morgan fingerprint density at radius 2 is 1.54 bits per heavy atom. The van der Waals surface area contributed by atoms with Gasteiger partial charge >= 0.3 is 5.69 Å². The van der Waals surface area contributed by atoms with Crippen LogP contribution in [0, 0.1) is 0 Å². The second-order valence-corrected chi connectivity index (χ2v) is 15.0. The van der Waals surface area contributed by atoms with Crippen LogP contribution in [0.15, 0.2) is 71.7 Å². The number of nitrogens with one attached hydrogen (secondary N) is 1. The van der Waals surface area contributed by atoms with E-state index >= 15 is 0 Å². The van der Waals surface area contributed by atoms with Gasteiger partial charge < -0.3 is 9.41 Å². The summed E-state index contributed by atoms with van der Waals surface area (Å²) in [6.45, 7) is 6.92. The van der Waals surface area contributed by atoms with E-state index in [4.69, 9.17) is 16.0 Å². The van der Waals surface area contributed by atoms with Gasteiger partial charge in [0.1, 0.15) is 5.52 Å². The Labute approximate surface area is 211 Å². The summed E-state index contributed by atoms with van der Waals surface area (Å²) in [6.07, 6.45) is 5.14. The number of halogens is 1. The molecular formula is C27H31ClN4O2Si. The molecule has 0 amide bonds. The molecule has 0 radical (unpaired) electrons. The largest absolute Gasteiger partial charge is 0.404 e. The molecule has 0 atom stereocenters. The quantitative estimate of drug-likeness (QED) is 0.311. The SMILES string of the molecule is CC(C)(C)[Si](OC1CCC(n2c(=O)[nH]c3cnc(Cl)nc32)CC1)(c1ccccc1)c1ccccc1. The maximum atomic E-state index is 12.7. The second kappa shape index (κ2) is 9.37. The summed E-state index contributed by atoms with van der Waals surface area (Å²) in [5.74, 6) is 0. The Bertz CT molecular complexity index is 1320. The molecule has 4 aromatic rings. The maximum Gasteiger partial charge on any atom is 0.327 e. The molecule has 5 rings (SSSR count). The molecule has 1 aliphatic carbocycles. The molecule has 2 aromatic heterocycles. The molecule has 1 aliphatic rings. The molecule has 2 aromatic carbocycles. The van der Waals surface area contributed by atoms with Crippen molar-refractivity contribution in [3.63, 3.8) is 0 Å². The van der Waals surface area contributed by atoms with Crippen LogP contribution in [0.1, 0.15) is 52.5 Å². The van der Waals surface area contributed by atoms with Crippen LogP contribution in [-0.2, 0) is 4.43 Å². The molecule has 182 valence electrons. The zero-order valence-electron chi connectivity index (χ0n) is 20.4. The second-order valence-electron chi connectivity index (χ2n) is 10.4. The Balaban J connectivity index is 1.46. The minimum Gasteiger partial charge on any atom is -0.404 e. The fraction of sp³-hybridized carbons (Fsp3) is 0.370. The summed E-state index contributed by atoms with van der Waals surface area (Å²) >= 11 is 6.03. The number of H-pyrrole nitrogens is 1. The van der Waals surface area contributed by atoms with Gasteiger partial charge in [0.15, 0.2) is 5.65 Å². The highest BCUT2D eigenvalue weighted by Crippen LogP contribution is 2.40. The van der Waals surface area contributed by atoms with Crippen molar-refractivity contribution < 1.29 is 4.43 Å². The lowest BCUT2D eigenvalue weighted by Gasteiger charge is -2.46. The third-order valence-electron chi connectivity index (χ3n) is 7.20. The smallest absolute Gasteiger partial charge is 0.327 e. The number of aromatic amines is 1. The molecule has 0 aliphatic heterocycles. The van der Waals surface area contributed by atoms with Crippen LogP contribution in [0.5, 0.6) is 0 Å². The minimum atomic E-state index is -2.60. The summed E-state index contributed by atoms with van der Waals surface area (Å²) in [7, 11) is -2.60. The Morgan fingerprint density at radius 1 is 0.971 bits per heavy atom. The third kappa shape index (κ3) is 4.37. The van der Waals surface area contributed by atoms with E-state index in [1.54, 1.807) is 10.8 Å². The zero-order valence-corrected chi connectivity index (χ0v) is 22.1. The summed E-state index contributed by atoms with van der Waals surface area (Å²) < 4.78 is 9.07. The fourth-order valence-electron chi connectivity index (χ4n) is 5.60. The van der Waals surface area contributed by atoms with Crippen molar-refractivity contribution in [1.82, 2.24) is 19.5 Å². The highest BCUT2D eigenvalue weighted by Gasteiger charge is 2.51. The van der Waals surface area contributed by atoms with E-state index in [0.29, 0.717) is 11.2 Å². The molecule has 6 nitrogen and oxygen atoms in total. The monoisotopic (exact) mass is 506 g/mol. The van der Waals surface area contributed by atoms with Gasteiger partial charge in [0.05, 0.1) is 6.20 Å². The molecule has 1 saturated carbocycles. The molecule has 0 unspecified atom stereocenters. The van der Waals surface area contributed by atoms with Gasteiger partial charge in [-0.25, -0.2) is 9.78 Å². The summed E-state index contributed by atoms with van der Waals surface area (Å²) in [4.78, 5) is 23.9. The number of nitrogens with zero attached hydrogens (tertiary/aromatic N) is 3. The lowest BCUT2D eigenvalue weighted by atomic mass is 9.93. The summed E-state index contributed by atoms with van der Waals surface area (Å²) in [5.41, 5.74) is 1.03. The van der Waals surface area contributed by atoms with Gasteiger partial charge in [-0.1, -0.05) is 81.4 Å². The molecule has 1 fully saturated rings. The van der Waals surface area contributed by atoms with E-state index in [9.17, 15) is 4.79 Å². The van der Waals surface area contributed by atoms with Crippen LogP contribution < -0.4 is 16.1 Å². The van der Waals surface area contributed by atoms with Crippen molar-refractivity contribution in [3.8, 4) is 0 Å². The molecule has 0 saturated heterocycles. The van der Waals surface area contributed by atoms with Gasteiger partial charge in [0, 0.05) is 12.1 Å². The number of hydrogen-bond donors (Lipinski definition) is 1. The van der Waals surface area contributed by atoms with Crippen molar-refractivity contribution in [2.45, 2.75) is 63.6 Å². The van der Waals surface area contributed by atoms with E-state index in [1.165, 1.54) is 10.4 Å². The molecule has 1 N–H and O–H groups in total. The molecule has 0 bridgehead atoms. The number of aromatic nitrogens is 4. The van der Waals surface area contributed by atoms with E-state index in [1.807, 2.05) is 0 Å². The number of rotatable bonds is 5. The highest BCUT2D eigenvalue weighted by atomic mass is 35.5. The molecular weight excluding hydrogens is 476 g/mol. The lowest BCUT2D eigenvalue weighted by Crippen LogP contribution is -2.67. The maximum absolute atomic E-state index is 12.7. The number of fused-ring (bicyclic) bond motifs is 1. The van der Waals surface area contributed by atoms with Crippen LogP contribution in [0.4, 0.5) is 0 Å². The predicted molar refractivity (Wildman–Crippen MR) is 143 cm³/mol. The number of imidazole rings is 1. The molecule has 8 heteroatoms. The lowest BCUT2D eigenvalue weighted by molar-refractivity contribution is 0.123. The van der Waals surface area contributed by atoms with Gasteiger partial charge in [-0.05, 0) is 52.7 Å². The average Bonchev–Trinajstić information content (AvgIpc) is 3.18. The van der Waals surface area contributed by atoms with Crippen molar-refractivity contribution in [2.24, 2.45) is 0 Å². The van der Waals surface area contributed by atoms with Crippen molar-refractivity contribution >= 4 is 41.5 Å². The van der Waals surface area contributed by atoms with Crippen LogP contribution in [0.2, 0.25) is 10.3 Å². The van der Waals surface area contributed by atoms with Crippen LogP contribution >= 0.6 is 11.6 Å². The Morgan fingerprint density at radius 3 is 2.09 bits per heavy atom. The van der Waals surface area contributed by atoms with E-state index in [2.05, 4.69) is 96.4 Å². The van der Waals surface area contributed by atoms with Crippen LogP contribution in [0.25, 0.3) is 11.2 Å². The first-order valence-electron chi connectivity index (χ1n) is 12.2. The molecule has 0 spiro atoms. The summed E-state index contributed by atoms with van der Waals surface area (Å²) in [6, 6.07) is 21.6. The topological polar surface area (TPSA) is 72.8 Å². The van der Waals surface area contributed by atoms with Crippen LogP contribution in [-0.4, -0.2) is 33.9 Å². The Hall–Kier alpha value is -2.74. The number of benzene rings is 2. The normalized spacial score (nSPS) is 19.2. The molecule has 35 heavy (non-hydrogen) atoms. The first-order valence-corrected chi connectivity index (χ1v) is 14.5. The van der Waals surface area contributed by atoms with Crippen molar-refractivity contribution in [1.29, 1.82) is 0 Å². The molecule has 2 heterocycles. The Kier molecular flexibility index (Phi) is 6.42. The van der Waals surface area contributed by atoms with Crippen molar-refractivity contribution in [3.05, 3.63) is 82.6 Å². The predicted octanol–water partition coefficient (Wildman–Crippen LogP) is 4.83. The van der Waals surface area contributed by atoms with E-state index in [0.717, 1.165) is 25.7 Å².